The topological polar surface area (TPSA) is 36.9 Å². The lowest BCUT2D eigenvalue weighted by Crippen LogP contribution is -2.42. The lowest BCUT2D eigenvalue weighted by molar-refractivity contribution is -0.0671. The van der Waals surface area contributed by atoms with Gasteiger partial charge in [0.1, 0.15) is 11.5 Å². The van der Waals surface area contributed by atoms with Crippen LogP contribution in [0.5, 0.6) is 11.5 Å². The summed E-state index contributed by atoms with van der Waals surface area (Å²) in [5, 5.41) is 0.0904. The van der Waals surface area contributed by atoms with E-state index in [1.807, 2.05) is 12.1 Å². The Morgan fingerprint density at radius 2 is 1.64 bits per heavy atom. The molecule has 0 spiro atoms. The number of rotatable bonds is 6. The van der Waals surface area contributed by atoms with Gasteiger partial charge in [0, 0.05) is 7.11 Å². The molecule has 0 saturated heterocycles. The van der Waals surface area contributed by atoms with Crippen molar-refractivity contribution in [2.24, 2.45) is 0 Å². The van der Waals surface area contributed by atoms with Crippen molar-refractivity contribution in [2.75, 3.05) is 21.3 Å². The molecule has 0 heterocycles. The number of ether oxygens (including phenoxy) is 3. The van der Waals surface area contributed by atoms with Crippen LogP contribution in [0.3, 0.4) is 0 Å². The third kappa shape index (κ3) is 4.25. The Morgan fingerprint density at radius 3 is 2.05 bits per heavy atom. The molecule has 0 aliphatic heterocycles. The van der Waals surface area contributed by atoms with Crippen molar-refractivity contribution in [1.82, 2.24) is 0 Å². The van der Waals surface area contributed by atoms with Gasteiger partial charge in [0.05, 0.1) is 24.3 Å². The van der Waals surface area contributed by atoms with Crippen LogP contribution in [0, 0.1) is 0 Å². The van der Waals surface area contributed by atoms with Gasteiger partial charge in [-0.25, -0.2) is 0 Å². The maximum Gasteiger partial charge on any atom is 0.195 e. The van der Waals surface area contributed by atoms with E-state index in [0.29, 0.717) is 5.75 Å². The van der Waals surface area contributed by atoms with Crippen LogP contribution < -0.4 is 9.47 Å². The fraction of sp³-hybridized carbons (Fsp3) is 0.625. The van der Waals surface area contributed by atoms with Crippen molar-refractivity contribution >= 4 is 24.2 Å². The summed E-state index contributed by atoms with van der Waals surface area (Å²) >= 11 is 3.51. The van der Waals surface area contributed by atoms with Gasteiger partial charge in [-0.3, -0.25) is 0 Å². The lowest BCUT2D eigenvalue weighted by atomic mass is 10.2. The second-order valence-electron chi connectivity index (χ2n) is 6.68. The monoisotopic (exact) mass is 390 g/mol. The van der Waals surface area contributed by atoms with Crippen LogP contribution in [0.1, 0.15) is 32.6 Å². The number of benzene rings is 1. The van der Waals surface area contributed by atoms with Gasteiger partial charge in [0.15, 0.2) is 14.6 Å². The second-order valence-corrected chi connectivity index (χ2v) is 12.3. The molecule has 0 aliphatic rings. The zero-order valence-electron chi connectivity index (χ0n) is 14.7. The van der Waals surface area contributed by atoms with Gasteiger partial charge in [0.25, 0.3) is 0 Å². The Bertz CT molecular complexity index is 512. The number of methoxy groups -OCH3 is 3. The van der Waals surface area contributed by atoms with Gasteiger partial charge in [-0.05, 0) is 46.2 Å². The first-order chi connectivity index (χ1) is 10.1. The van der Waals surface area contributed by atoms with E-state index >= 15 is 0 Å². The maximum absolute atomic E-state index is 6.39. The second kappa shape index (κ2) is 7.34. The number of hydrogen-bond acceptors (Lipinski definition) is 4. The molecule has 0 aliphatic carbocycles. The van der Waals surface area contributed by atoms with E-state index in [9.17, 15) is 0 Å². The van der Waals surface area contributed by atoms with Crippen molar-refractivity contribution in [2.45, 2.75) is 45.2 Å². The van der Waals surface area contributed by atoms with E-state index in [1.165, 1.54) is 0 Å². The summed E-state index contributed by atoms with van der Waals surface area (Å²) in [6.45, 7) is 11.0. The highest BCUT2D eigenvalue weighted by atomic mass is 79.9. The number of halogens is 1. The van der Waals surface area contributed by atoms with E-state index in [0.717, 1.165) is 15.8 Å². The third-order valence-corrected chi connectivity index (χ3v) is 9.17. The van der Waals surface area contributed by atoms with Gasteiger partial charge in [-0.1, -0.05) is 20.8 Å². The summed E-state index contributed by atoms with van der Waals surface area (Å²) in [4.78, 5) is 0. The summed E-state index contributed by atoms with van der Waals surface area (Å²) in [5.74, 6) is 1.43. The standard InChI is InChI=1S/C16H27BrO4Si/c1-16(2,3)22(7,8)21-15(20-6)12-9-11(18-4)10-13(17)14(12)19-5/h9-10,15H,1-8H3. The molecule has 0 N–H and O–H groups in total. The molecule has 1 rings (SSSR count). The fourth-order valence-electron chi connectivity index (χ4n) is 1.78. The normalized spacial score (nSPS) is 13.9. The van der Waals surface area contributed by atoms with Crippen LogP contribution in [0.4, 0.5) is 0 Å². The fourth-order valence-corrected chi connectivity index (χ4v) is 3.51. The third-order valence-electron chi connectivity index (χ3n) is 4.16. The molecule has 0 radical (unpaired) electrons. The van der Waals surface area contributed by atoms with Crippen LogP contribution >= 0.6 is 15.9 Å². The van der Waals surface area contributed by atoms with Crippen molar-refractivity contribution < 1.29 is 18.6 Å². The maximum atomic E-state index is 6.39. The molecule has 1 unspecified atom stereocenters. The Balaban J connectivity index is 3.28. The predicted octanol–water partition coefficient (Wildman–Crippen LogP) is 5.13. The molecule has 1 aromatic rings. The minimum Gasteiger partial charge on any atom is -0.497 e. The minimum atomic E-state index is -1.99. The van der Waals surface area contributed by atoms with E-state index < -0.39 is 14.6 Å². The Morgan fingerprint density at radius 1 is 1.05 bits per heavy atom. The summed E-state index contributed by atoms with van der Waals surface area (Å²) in [5.41, 5.74) is 0.820. The van der Waals surface area contributed by atoms with Gasteiger partial charge >= 0.3 is 0 Å². The van der Waals surface area contributed by atoms with E-state index in [2.05, 4.69) is 49.8 Å². The zero-order chi connectivity index (χ0) is 17.1. The smallest absolute Gasteiger partial charge is 0.195 e. The SMILES string of the molecule is COc1cc(Br)c(OC)c(C(OC)O[Si](C)(C)C(C)(C)C)c1. The van der Waals surface area contributed by atoms with Crippen LogP contribution in [0.2, 0.25) is 18.1 Å². The molecule has 22 heavy (non-hydrogen) atoms. The molecule has 1 aromatic carbocycles. The molecular formula is C16H27BrO4Si. The molecule has 0 fully saturated rings. The van der Waals surface area contributed by atoms with Gasteiger partial charge in [-0.2, -0.15) is 0 Å². The van der Waals surface area contributed by atoms with E-state index in [4.69, 9.17) is 18.6 Å². The van der Waals surface area contributed by atoms with Crippen LogP contribution in [-0.4, -0.2) is 29.6 Å². The highest BCUT2D eigenvalue weighted by Crippen LogP contribution is 2.43. The Hall–Kier alpha value is -0.563. The van der Waals surface area contributed by atoms with Crippen LogP contribution in [-0.2, 0) is 9.16 Å². The predicted molar refractivity (Wildman–Crippen MR) is 95.3 cm³/mol. The molecule has 0 saturated carbocycles. The molecular weight excluding hydrogens is 364 g/mol. The summed E-state index contributed by atoms with van der Waals surface area (Å²) in [6.07, 6.45) is -0.498. The molecule has 1 atom stereocenters. The van der Waals surface area contributed by atoms with Crippen molar-refractivity contribution in [3.8, 4) is 11.5 Å². The first-order valence-corrected chi connectivity index (χ1v) is 10.9. The van der Waals surface area contributed by atoms with Gasteiger partial charge in [0.2, 0.25) is 0 Å². The minimum absolute atomic E-state index is 0.0904. The summed E-state index contributed by atoms with van der Waals surface area (Å²) in [6, 6.07) is 3.76. The Labute approximate surface area is 143 Å². The number of hydrogen-bond donors (Lipinski definition) is 0. The molecule has 0 amide bonds. The van der Waals surface area contributed by atoms with Gasteiger partial charge < -0.3 is 18.6 Å². The molecule has 126 valence electrons. The molecule has 4 nitrogen and oxygen atoms in total. The van der Waals surface area contributed by atoms with E-state index in [-0.39, 0.29) is 5.04 Å². The molecule has 6 heteroatoms. The zero-order valence-corrected chi connectivity index (χ0v) is 17.3. The summed E-state index contributed by atoms with van der Waals surface area (Å²) in [7, 11) is 2.92. The van der Waals surface area contributed by atoms with E-state index in [1.54, 1.807) is 21.3 Å². The average molecular weight is 391 g/mol. The quantitative estimate of drug-likeness (QED) is 0.497. The first-order valence-electron chi connectivity index (χ1n) is 7.19. The Kier molecular flexibility index (Phi) is 6.50. The lowest BCUT2D eigenvalue weighted by Gasteiger charge is -2.39. The highest BCUT2D eigenvalue weighted by molar-refractivity contribution is 9.10. The van der Waals surface area contributed by atoms with Crippen LogP contribution in [0.25, 0.3) is 0 Å². The highest BCUT2D eigenvalue weighted by Gasteiger charge is 2.40. The summed E-state index contributed by atoms with van der Waals surface area (Å²) < 4.78 is 23.7. The van der Waals surface area contributed by atoms with Crippen molar-refractivity contribution in [3.63, 3.8) is 0 Å². The van der Waals surface area contributed by atoms with Gasteiger partial charge in [-0.15, -0.1) is 0 Å². The van der Waals surface area contributed by atoms with Crippen LogP contribution in [0.15, 0.2) is 16.6 Å². The van der Waals surface area contributed by atoms with Crippen molar-refractivity contribution in [3.05, 3.63) is 22.2 Å². The average Bonchev–Trinajstić information content (AvgIpc) is 2.42. The first kappa shape index (κ1) is 19.5. The van der Waals surface area contributed by atoms with Crippen molar-refractivity contribution in [1.29, 1.82) is 0 Å². The molecule has 0 bridgehead atoms. The molecule has 0 aromatic heterocycles. The largest absolute Gasteiger partial charge is 0.497 e.